The number of aliphatic carboxylic acids is 1. The number of hydrogen-bond donors (Lipinski definition) is 2. The van der Waals surface area contributed by atoms with Gasteiger partial charge in [-0.2, -0.15) is 0 Å². The lowest BCUT2D eigenvalue weighted by Gasteiger charge is -2.12. The smallest absolute Gasteiger partial charge is 0.317 e. The maximum Gasteiger partial charge on any atom is 0.317 e. The standard InChI is InChI=1S/C13H17N3O2/c1-9(14-8-13(17)18)7-11-10(2)15-12-5-3-4-6-16(11)12/h3-6,9,14H,7-8H2,1-2H3,(H,17,18). The minimum atomic E-state index is -0.836. The summed E-state index contributed by atoms with van der Waals surface area (Å²) in [6.45, 7) is 3.94. The highest BCUT2D eigenvalue weighted by atomic mass is 16.4. The molecule has 0 radical (unpaired) electrons. The molecule has 0 aromatic carbocycles. The Kier molecular flexibility index (Phi) is 3.62. The van der Waals surface area contributed by atoms with Crippen LogP contribution in [0.2, 0.25) is 0 Å². The average molecular weight is 247 g/mol. The van der Waals surface area contributed by atoms with Crippen molar-refractivity contribution < 1.29 is 9.90 Å². The quantitative estimate of drug-likeness (QED) is 0.834. The predicted molar refractivity (Wildman–Crippen MR) is 68.7 cm³/mol. The Morgan fingerprint density at radius 2 is 2.33 bits per heavy atom. The molecule has 0 amide bonds. The van der Waals surface area contributed by atoms with Crippen molar-refractivity contribution in [2.24, 2.45) is 0 Å². The molecule has 0 aliphatic carbocycles. The molecule has 2 N–H and O–H groups in total. The summed E-state index contributed by atoms with van der Waals surface area (Å²) in [7, 11) is 0. The highest BCUT2D eigenvalue weighted by Gasteiger charge is 2.12. The molecule has 2 heterocycles. The van der Waals surface area contributed by atoms with Gasteiger partial charge in [0.1, 0.15) is 5.65 Å². The fourth-order valence-corrected chi connectivity index (χ4v) is 2.03. The first kappa shape index (κ1) is 12.6. The Hall–Kier alpha value is -1.88. The van der Waals surface area contributed by atoms with Gasteiger partial charge in [0.05, 0.1) is 12.2 Å². The largest absolute Gasteiger partial charge is 0.480 e. The first-order valence-corrected chi connectivity index (χ1v) is 5.95. The minimum Gasteiger partial charge on any atom is -0.480 e. The summed E-state index contributed by atoms with van der Waals surface area (Å²) >= 11 is 0. The normalized spacial score (nSPS) is 12.8. The molecule has 0 saturated heterocycles. The number of aromatic nitrogens is 2. The number of hydrogen-bond acceptors (Lipinski definition) is 3. The van der Waals surface area contributed by atoms with Crippen molar-refractivity contribution in [2.75, 3.05) is 6.54 Å². The van der Waals surface area contributed by atoms with Crippen molar-refractivity contribution in [3.63, 3.8) is 0 Å². The lowest BCUT2D eigenvalue weighted by atomic mass is 10.1. The average Bonchev–Trinajstić information content (AvgIpc) is 2.64. The molecule has 0 aliphatic rings. The van der Waals surface area contributed by atoms with Gasteiger partial charge in [0.2, 0.25) is 0 Å². The summed E-state index contributed by atoms with van der Waals surface area (Å²) in [5.41, 5.74) is 3.04. The summed E-state index contributed by atoms with van der Waals surface area (Å²) in [6.07, 6.45) is 2.73. The summed E-state index contributed by atoms with van der Waals surface area (Å²) in [5, 5.41) is 11.6. The number of carboxylic acids is 1. The second-order valence-electron chi connectivity index (χ2n) is 4.45. The van der Waals surface area contributed by atoms with Crippen molar-refractivity contribution in [1.82, 2.24) is 14.7 Å². The van der Waals surface area contributed by atoms with Gasteiger partial charge in [0.15, 0.2) is 0 Å². The van der Waals surface area contributed by atoms with Gasteiger partial charge >= 0.3 is 5.97 Å². The van der Waals surface area contributed by atoms with Crippen LogP contribution in [0.4, 0.5) is 0 Å². The molecule has 5 nitrogen and oxygen atoms in total. The van der Waals surface area contributed by atoms with Crippen LogP contribution in [-0.4, -0.2) is 33.0 Å². The zero-order valence-corrected chi connectivity index (χ0v) is 10.6. The number of carbonyl (C=O) groups is 1. The van der Waals surface area contributed by atoms with Crippen molar-refractivity contribution in [3.8, 4) is 0 Å². The summed E-state index contributed by atoms with van der Waals surface area (Å²) in [4.78, 5) is 15.0. The summed E-state index contributed by atoms with van der Waals surface area (Å²) in [5.74, 6) is -0.836. The van der Waals surface area contributed by atoms with Gasteiger partial charge in [-0.3, -0.25) is 4.79 Å². The molecule has 5 heteroatoms. The second kappa shape index (κ2) is 5.18. The van der Waals surface area contributed by atoms with Crippen LogP contribution in [0, 0.1) is 6.92 Å². The Labute approximate surface area is 105 Å². The molecule has 0 fully saturated rings. The van der Waals surface area contributed by atoms with Gasteiger partial charge in [-0.1, -0.05) is 6.07 Å². The molecule has 0 aliphatic heterocycles. The summed E-state index contributed by atoms with van der Waals surface area (Å²) in [6, 6.07) is 5.98. The Morgan fingerprint density at radius 3 is 3.06 bits per heavy atom. The van der Waals surface area contributed by atoms with Gasteiger partial charge in [-0.15, -0.1) is 0 Å². The lowest BCUT2D eigenvalue weighted by Crippen LogP contribution is -2.33. The minimum absolute atomic E-state index is 0.0169. The monoisotopic (exact) mass is 247 g/mol. The van der Waals surface area contributed by atoms with Crippen molar-refractivity contribution >= 4 is 11.6 Å². The molecule has 96 valence electrons. The zero-order chi connectivity index (χ0) is 13.1. The van der Waals surface area contributed by atoms with E-state index in [0.29, 0.717) is 0 Å². The van der Waals surface area contributed by atoms with Crippen molar-refractivity contribution in [3.05, 3.63) is 35.8 Å². The van der Waals surface area contributed by atoms with Crippen LogP contribution in [0.3, 0.4) is 0 Å². The highest BCUT2D eigenvalue weighted by Crippen LogP contribution is 2.13. The number of carboxylic acid groups (broad SMARTS) is 1. The van der Waals surface area contributed by atoms with E-state index in [1.807, 2.05) is 42.6 Å². The Balaban J connectivity index is 2.15. The molecule has 2 rings (SSSR count). The van der Waals surface area contributed by atoms with E-state index in [-0.39, 0.29) is 12.6 Å². The summed E-state index contributed by atoms with van der Waals surface area (Å²) < 4.78 is 2.05. The van der Waals surface area contributed by atoms with Crippen molar-refractivity contribution in [1.29, 1.82) is 0 Å². The van der Waals surface area contributed by atoms with Crippen LogP contribution >= 0.6 is 0 Å². The van der Waals surface area contributed by atoms with E-state index < -0.39 is 5.97 Å². The molecule has 0 spiro atoms. The third kappa shape index (κ3) is 2.68. The molecular weight excluding hydrogens is 230 g/mol. The zero-order valence-electron chi connectivity index (χ0n) is 10.6. The second-order valence-corrected chi connectivity index (χ2v) is 4.45. The maximum absolute atomic E-state index is 10.5. The van der Waals surface area contributed by atoms with Gasteiger partial charge < -0.3 is 14.8 Å². The number of nitrogens with one attached hydrogen (secondary N) is 1. The molecular formula is C13H17N3O2. The van der Waals surface area contributed by atoms with Gasteiger partial charge in [-0.25, -0.2) is 4.98 Å². The number of imidazole rings is 1. The molecule has 0 bridgehead atoms. The van der Waals surface area contributed by atoms with E-state index in [9.17, 15) is 4.79 Å². The first-order chi connectivity index (χ1) is 8.58. The maximum atomic E-state index is 10.5. The van der Waals surface area contributed by atoms with Gasteiger partial charge in [0, 0.05) is 24.4 Å². The van der Waals surface area contributed by atoms with Crippen LogP contribution in [0.1, 0.15) is 18.3 Å². The third-order valence-electron chi connectivity index (χ3n) is 2.93. The van der Waals surface area contributed by atoms with E-state index in [2.05, 4.69) is 10.3 Å². The molecule has 2 aromatic heterocycles. The Morgan fingerprint density at radius 1 is 1.56 bits per heavy atom. The predicted octanol–water partition coefficient (Wildman–Crippen LogP) is 1.25. The molecule has 18 heavy (non-hydrogen) atoms. The molecule has 0 saturated carbocycles. The van der Waals surface area contributed by atoms with Gasteiger partial charge in [-0.05, 0) is 26.0 Å². The van der Waals surface area contributed by atoms with E-state index >= 15 is 0 Å². The van der Waals surface area contributed by atoms with Crippen LogP contribution in [-0.2, 0) is 11.2 Å². The topological polar surface area (TPSA) is 66.6 Å². The van der Waals surface area contributed by atoms with Crippen LogP contribution in [0.25, 0.3) is 5.65 Å². The third-order valence-corrected chi connectivity index (χ3v) is 2.93. The van der Waals surface area contributed by atoms with Crippen molar-refractivity contribution in [2.45, 2.75) is 26.3 Å². The van der Waals surface area contributed by atoms with Crippen LogP contribution in [0.5, 0.6) is 0 Å². The van der Waals surface area contributed by atoms with Gasteiger partial charge in [0.25, 0.3) is 0 Å². The lowest BCUT2D eigenvalue weighted by molar-refractivity contribution is -0.136. The van der Waals surface area contributed by atoms with Crippen LogP contribution in [0.15, 0.2) is 24.4 Å². The fraction of sp³-hybridized carbons (Fsp3) is 0.385. The number of nitrogens with zero attached hydrogens (tertiary/aromatic N) is 2. The molecule has 1 atom stereocenters. The highest BCUT2D eigenvalue weighted by molar-refractivity contribution is 5.69. The Bertz CT molecular complexity index is 562. The van der Waals surface area contributed by atoms with E-state index in [4.69, 9.17) is 5.11 Å². The van der Waals surface area contributed by atoms with E-state index in [1.165, 1.54) is 0 Å². The molecule has 1 unspecified atom stereocenters. The number of rotatable bonds is 5. The number of aryl methyl sites for hydroxylation is 1. The number of fused-ring (bicyclic) bond motifs is 1. The van der Waals surface area contributed by atoms with E-state index in [0.717, 1.165) is 23.5 Å². The molecule has 2 aromatic rings. The van der Waals surface area contributed by atoms with E-state index in [1.54, 1.807) is 0 Å². The first-order valence-electron chi connectivity index (χ1n) is 5.95. The SMILES string of the molecule is Cc1nc2ccccn2c1CC(C)NCC(=O)O. The number of pyridine rings is 1. The van der Waals surface area contributed by atoms with Crippen LogP contribution < -0.4 is 5.32 Å². The fourth-order valence-electron chi connectivity index (χ4n) is 2.03.